The second-order valence-corrected chi connectivity index (χ2v) is 6.96. The molecule has 0 fully saturated rings. The molecule has 2 aromatic carbocycles. The van der Waals surface area contributed by atoms with E-state index in [0.29, 0.717) is 24.7 Å². The maximum Gasteiger partial charge on any atom is 0.338 e. The Balaban J connectivity index is 1.90. The second-order valence-electron chi connectivity index (χ2n) is 6.96. The first kappa shape index (κ1) is 21.0. The summed E-state index contributed by atoms with van der Waals surface area (Å²) < 4.78 is 11.1. The van der Waals surface area contributed by atoms with Crippen LogP contribution in [-0.2, 0) is 11.2 Å². The van der Waals surface area contributed by atoms with E-state index in [0.717, 1.165) is 12.2 Å². The molecular formula is C24H32O3. The number of carbonyl (C=O) groups excluding carboxylic acids is 1. The van der Waals surface area contributed by atoms with Crippen LogP contribution in [0.3, 0.4) is 0 Å². The molecule has 0 saturated heterocycles. The predicted octanol–water partition coefficient (Wildman–Crippen LogP) is 6.07. The first-order chi connectivity index (χ1) is 13.2. The highest BCUT2D eigenvalue weighted by Gasteiger charge is 2.12. The molecule has 0 unspecified atom stereocenters. The van der Waals surface area contributed by atoms with E-state index in [1.165, 1.54) is 37.7 Å². The molecule has 0 aliphatic rings. The Morgan fingerprint density at radius 3 is 2.33 bits per heavy atom. The van der Waals surface area contributed by atoms with Crippen molar-refractivity contribution in [2.75, 3.05) is 13.2 Å². The highest BCUT2D eigenvalue weighted by atomic mass is 16.5. The van der Waals surface area contributed by atoms with Gasteiger partial charge in [-0.2, -0.15) is 0 Å². The standard InChI is InChI=1S/C24H32O3/c1-3-5-6-8-13-21(18-20-11-9-7-10-12-20)19-27-23-16-14-22(15-17-23)24(25)26-4-2/h7,9-12,14-17,21H,3-6,8,13,18-19H2,1-2H3/t21-/m1/s1. The molecule has 27 heavy (non-hydrogen) atoms. The highest BCUT2D eigenvalue weighted by Crippen LogP contribution is 2.20. The van der Waals surface area contributed by atoms with Gasteiger partial charge in [0.05, 0.1) is 18.8 Å². The Hall–Kier alpha value is -2.29. The van der Waals surface area contributed by atoms with Crippen molar-refractivity contribution in [1.82, 2.24) is 0 Å². The SMILES string of the molecule is CCCCCC[C@@H](COc1ccc(C(=O)OCC)cc1)Cc1ccccc1. The van der Waals surface area contributed by atoms with Gasteiger partial charge >= 0.3 is 5.97 Å². The number of rotatable bonds is 12. The van der Waals surface area contributed by atoms with Crippen LogP contribution < -0.4 is 4.74 Å². The number of benzene rings is 2. The van der Waals surface area contributed by atoms with Crippen molar-refractivity contribution in [1.29, 1.82) is 0 Å². The van der Waals surface area contributed by atoms with Crippen molar-refractivity contribution in [2.45, 2.75) is 52.4 Å². The maximum absolute atomic E-state index is 11.7. The van der Waals surface area contributed by atoms with Crippen molar-refractivity contribution in [3.8, 4) is 5.75 Å². The summed E-state index contributed by atoms with van der Waals surface area (Å²) in [5.74, 6) is 1.01. The quantitative estimate of drug-likeness (QED) is 0.337. The Morgan fingerprint density at radius 2 is 1.67 bits per heavy atom. The maximum atomic E-state index is 11.7. The molecule has 2 rings (SSSR count). The third-order valence-corrected chi connectivity index (χ3v) is 4.68. The lowest BCUT2D eigenvalue weighted by molar-refractivity contribution is 0.0526. The molecule has 0 aromatic heterocycles. The predicted molar refractivity (Wildman–Crippen MR) is 110 cm³/mol. The topological polar surface area (TPSA) is 35.5 Å². The Morgan fingerprint density at radius 1 is 0.926 bits per heavy atom. The van der Waals surface area contributed by atoms with Crippen molar-refractivity contribution < 1.29 is 14.3 Å². The van der Waals surface area contributed by atoms with Crippen LogP contribution in [0.4, 0.5) is 0 Å². The molecule has 3 nitrogen and oxygen atoms in total. The number of carbonyl (C=O) groups is 1. The molecule has 0 spiro atoms. The Bertz CT molecular complexity index is 649. The number of unbranched alkanes of at least 4 members (excludes halogenated alkanes) is 3. The van der Waals surface area contributed by atoms with Gasteiger partial charge in [0.2, 0.25) is 0 Å². The van der Waals surface area contributed by atoms with E-state index in [4.69, 9.17) is 9.47 Å². The van der Waals surface area contributed by atoms with Gasteiger partial charge in [-0.25, -0.2) is 4.79 Å². The van der Waals surface area contributed by atoms with Gasteiger partial charge in [0, 0.05) is 0 Å². The highest BCUT2D eigenvalue weighted by molar-refractivity contribution is 5.89. The first-order valence-electron chi connectivity index (χ1n) is 10.2. The zero-order chi connectivity index (χ0) is 19.3. The van der Waals surface area contributed by atoms with Crippen LogP contribution in [0.1, 0.15) is 61.9 Å². The summed E-state index contributed by atoms with van der Waals surface area (Å²) >= 11 is 0. The lowest BCUT2D eigenvalue weighted by Gasteiger charge is -2.18. The van der Waals surface area contributed by atoms with Crippen molar-refractivity contribution in [3.05, 3.63) is 65.7 Å². The van der Waals surface area contributed by atoms with Gasteiger partial charge in [-0.1, -0.05) is 62.9 Å². The van der Waals surface area contributed by atoms with Crippen molar-refractivity contribution in [3.63, 3.8) is 0 Å². The van der Waals surface area contributed by atoms with Crippen LogP contribution in [0.2, 0.25) is 0 Å². The molecule has 0 N–H and O–H groups in total. The second kappa shape index (κ2) is 12.2. The molecule has 1 atom stereocenters. The largest absolute Gasteiger partial charge is 0.493 e. The van der Waals surface area contributed by atoms with Crippen molar-refractivity contribution >= 4 is 5.97 Å². The molecule has 0 amide bonds. The average Bonchev–Trinajstić information content (AvgIpc) is 2.70. The van der Waals surface area contributed by atoms with Crippen LogP contribution in [0, 0.1) is 5.92 Å². The Kier molecular flexibility index (Phi) is 9.47. The fourth-order valence-corrected chi connectivity index (χ4v) is 3.17. The summed E-state index contributed by atoms with van der Waals surface area (Å²) in [6.07, 6.45) is 7.30. The molecule has 3 heteroatoms. The lowest BCUT2D eigenvalue weighted by Crippen LogP contribution is -2.15. The number of esters is 1. The van der Waals surface area contributed by atoms with E-state index in [9.17, 15) is 4.79 Å². The first-order valence-corrected chi connectivity index (χ1v) is 10.2. The minimum absolute atomic E-state index is 0.290. The normalized spacial score (nSPS) is 11.8. The van der Waals surface area contributed by atoms with E-state index < -0.39 is 0 Å². The van der Waals surface area contributed by atoms with Crippen LogP contribution in [0.15, 0.2) is 54.6 Å². The molecule has 0 bridgehead atoms. The summed E-state index contributed by atoms with van der Waals surface area (Å²) in [7, 11) is 0. The third-order valence-electron chi connectivity index (χ3n) is 4.68. The molecule has 0 aliphatic carbocycles. The fourth-order valence-electron chi connectivity index (χ4n) is 3.17. The summed E-state index contributed by atoms with van der Waals surface area (Å²) in [5, 5.41) is 0. The van der Waals surface area contributed by atoms with Gasteiger partial charge in [0.15, 0.2) is 0 Å². The molecule has 0 heterocycles. The molecule has 146 valence electrons. The van der Waals surface area contributed by atoms with E-state index in [1.807, 2.05) is 19.1 Å². The summed E-state index contributed by atoms with van der Waals surface area (Å²) in [4.78, 5) is 11.7. The van der Waals surface area contributed by atoms with E-state index in [2.05, 4.69) is 37.3 Å². The summed E-state index contributed by atoms with van der Waals surface area (Å²) in [6.45, 7) is 5.13. The summed E-state index contributed by atoms with van der Waals surface area (Å²) in [5.41, 5.74) is 1.92. The number of hydrogen-bond donors (Lipinski definition) is 0. The smallest absolute Gasteiger partial charge is 0.338 e. The van der Waals surface area contributed by atoms with Gasteiger partial charge < -0.3 is 9.47 Å². The molecular weight excluding hydrogens is 336 g/mol. The van der Waals surface area contributed by atoms with Gasteiger partial charge in [-0.05, 0) is 55.5 Å². The lowest BCUT2D eigenvalue weighted by atomic mass is 9.94. The van der Waals surface area contributed by atoms with E-state index in [1.54, 1.807) is 12.1 Å². The van der Waals surface area contributed by atoms with Crippen LogP contribution >= 0.6 is 0 Å². The summed E-state index contributed by atoms with van der Waals surface area (Å²) in [6, 6.07) is 17.9. The molecule has 2 aromatic rings. The third kappa shape index (κ3) is 7.86. The number of ether oxygens (including phenoxy) is 2. The Labute approximate surface area is 163 Å². The van der Waals surface area contributed by atoms with Crippen molar-refractivity contribution in [2.24, 2.45) is 5.92 Å². The van der Waals surface area contributed by atoms with E-state index >= 15 is 0 Å². The van der Waals surface area contributed by atoms with Gasteiger partial charge in [0.25, 0.3) is 0 Å². The minimum Gasteiger partial charge on any atom is -0.493 e. The average molecular weight is 369 g/mol. The van der Waals surface area contributed by atoms with Gasteiger partial charge in [0.1, 0.15) is 5.75 Å². The van der Waals surface area contributed by atoms with Gasteiger partial charge in [-0.15, -0.1) is 0 Å². The monoisotopic (exact) mass is 368 g/mol. The minimum atomic E-state index is -0.290. The fraction of sp³-hybridized carbons (Fsp3) is 0.458. The number of hydrogen-bond acceptors (Lipinski definition) is 3. The molecule has 0 radical (unpaired) electrons. The van der Waals surface area contributed by atoms with E-state index in [-0.39, 0.29) is 5.97 Å². The zero-order valence-corrected chi connectivity index (χ0v) is 16.7. The van der Waals surface area contributed by atoms with Crippen LogP contribution in [-0.4, -0.2) is 19.2 Å². The van der Waals surface area contributed by atoms with Crippen LogP contribution in [0.5, 0.6) is 5.75 Å². The molecule has 0 aliphatic heterocycles. The van der Waals surface area contributed by atoms with Gasteiger partial charge in [-0.3, -0.25) is 0 Å². The molecule has 0 saturated carbocycles. The zero-order valence-electron chi connectivity index (χ0n) is 16.7. The van der Waals surface area contributed by atoms with Crippen LogP contribution in [0.25, 0.3) is 0 Å².